The van der Waals surface area contributed by atoms with Gasteiger partial charge in [0.05, 0.1) is 13.2 Å². The lowest BCUT2D eigenvalue weighted by atomic mass is 10.2. The van der Waals surface area contributed by atoms with Crippen LogP contribution in [0.15, 0.2) is 38.8 Å². The van der Waals surface area contributed by atoms with Crippen LogP contribution in [0, 0.1) is 6.92 Å². The van der Waals surface area contributed by atoms with Crippen molar-refractivity contribution in [3.8, 4) is 0 Å². The average molecular weight is 314 g/mol. The summed E-state index contributed by atoms with van der Waals surface area (Å²) in [6.07, 6.45) is 1.61. The van der Waals surface area contributed by atoms with Crippen molar-refractivity contribution in [2.24, 2.45) is 4.99 Å². The molecule has 0 bridgehead atoms. The third kappa shape index (κ3) is 3.57. The van der Waals surface area contributed by atoms with Gasteiger partial charge in [-0.1, -0.05) is 12.1 Å². The Morgan fingerprint density at radius 1 is 1.13 bits per heavy atom. The van der Waals surface area contributed by atoms with E-state index in [2.05, 4.69) is 19.9 Å². The molecule has 1 aliphatic heterocycles. The van der Waals surface area contributed by atoms with Crippen LogP contribution < -0.4 is 16.1 Å². The predicted molar refractivity (Wildman–Crippen MR) is 89.1 cm³/mol. The Morgan fingerprint density at radius 2 is 1.83 bits per heavy atom. The largest absolute Gasteiger partial charge is 0.378 e. The standard InChI is InChI=1S/C16H18N4O3/c1-11-14(15(21)19-16(22)18-11)17-10-12-2-4-13(5-3-12)20-6-8-23-9-7-20/h2-5,10H,6-9H2,1H3,(H2,18,19,21,22). The first kappa shape index (κ1) is 15.2. The zero-order chi connectivity index (χ0) is 16.2. The number of hydrogen-bond donors (Lipinski definition) is 2. The molecule has 1 saturated heterocycles. The van der Waals surface area contributed by atoms with Gasteiger partial charge in [-0.05, 0) is 24.6 Å². The SMILES string of the molecule is Cc1[nH]c(=O)[nH]c(=O)c1N=Cc1ccc(N2CCOCC2)cc1. The number of H-pyrrole nitrogens is 2. The first-order chi connectivity index (χ1) is 11.1. The van der Waals surface area contributed by atoms with Gasteiger partial charge in [-0.25, -0.2) is 9.79 Å². The van der Waals surface area contributed by atoms with E-state index in [9.17, 15) is 9.59 Å². The second-order valence-electron chi connectivity index (χ2n) is 5.33. The maximum atomic E-state index is 11.7. The molecule has 7 nitrogen and oxygen atoms in total. The quantitative estimate of drug-likeness (QED) is 0.826. The molecule has 0 spiro atoms. The van der Waals surface area contributed by atoms with E-state index in [1.165, 1.54) is 0 Å². The summed E-state index contributed by atoms with van der Waals surface area (Å²) in [5.41, 5.74) is 1.66. The van der Waals surface area contributed by atoms with E-state index in [4.69, 9.17) is 4.74 Å². The normalized spacial score (nSPS) is 15.3. The van der Waals surface area contributed by atoms with Crippen molar-refractivity contribution in [1.29, 1.82) is 0 Å². The Bertz CT molecular complexity index is 814. The van der Waals surface area contributed by atoms with Crippen molar-refractivity contribution in [1.82, 2.24) is 9.97 Å². The minimum Gasteiger partial charge on any atom is -0.378 e. The van der Waals surface area contributed by atoms with Crippen LogP contribution in [0.1, 0.15) is 11.3 Å². The number of hydrogen-bond acceptors (Lipinski definition) is 5. The van der Waals surface area contributed by atoms with Gasteiger partial charge in [0, 0.05) is 30.7 Å². The summed E-state index contributed by atoms with van der Waals surface area (Å²) in [5.74, 6) is 0. The smallest absolute Gasteiger partial charge is 0.326 e. The number of benzene rings is 1. The lowest BCUT2D eigenvalue weighted by molar-refractivity contribution is 0.122. The van der Waals surface area contributed by atoms with Gasteiger partial charge in [0.15, 0.2) is 0 Å². The summed E-state index contributed by atoms with van der Waals surface area (Å²) in [4.78, 5) is 34.0. The van der Waals surface area contributed by atoms with Crippen LogP contribution in [0.3, 0.4) is 0 Å². The molecule has 2 heterocycles. The van der Waals surface area contributed by atoms with Gasteiger partial charge in [0.2, 0.25) is 0 Å². The zero-order valence-electron chi connectivity index (χ0n) is 12.8. The molecule has 0 aliphatic carbocycles. The van der Waals surface area contributed by atoms with Crippen molar-refractivity contribution in [2.75, 3.05) is 31.2 Å². The third-order valence-electron chi connectivity index (χ3n) is 3.71. The van der Waals surface area contributed by atoms with E-state index < -0.39 is 11.2 Å². The van der Waals surface area contributed by atoms with Gasteiger partial charge in [0.1, 0.15) is 5.69 Å². The van der Waals surface area contributed by atoms with Crippen molar-refractivity contribution in [3.05, 3.63) is 56.4 Å². The molecule has 0 unspecified atom stereocenters. The highest BCUT2D eigenvalue weighted by atomic mass is 16.5. The number of aromatic amines is 2. The summed E-state index contributed by atoms with van der Waals surface area (Å²) in [7, 11) is 0. The molecule has 0 saturated carbocycles. The van der Waals surface area contributed by atoms with Crippen molar-refractivity contribution < 1.29 is 4.74 Å². The second kappa shape index (κ2) is 6.62. The highest BCUT2D eigenvalue weighted by Gasteiger charge is 2.10. The van der Waals surface area contributed by atoms with Gasteiger partial charge in [-0.3, -0.25) is 9.78 Å². The molecule has 2 aromatic rings. The molecule has 23 heavy (non-hydrogen) atoms. The number of anilines is 1. The molecule has 0 atom stereocenters. The number of nitrogens with one attached hydrogen (secondary N) is 2. The molecule has 0 amide bonds. The predicted octanol–water partition coefficient (Wildman–Crippen LogP) is 0.959. The fourth-order valence-electron chi connectivity index (χ4n) is 2.48. The number of nitrogens with zero attached hydrogens (tertiary/aromatic N) is 2. The van der Waals surface area contributed by atoms with Crippen LogP contribution in [-0.2, 0) is 4.74 Å². The summed E-state index contributed by atoms with van der Waals surface area (Å²) < 4.78 is 5.34. The van der Waals surface area contributed by atoms with Crippen LogP contribution in [0.2, 0.25) is 0 Å². The number of ether oxygens (including phenoxy) is 1. The molecule has 3 rings (SSSR count). The first-order valence-corrected chi connectivity index (χ1v) is 7.43. The minimum absolute atomic E-state index is 0.210. The van der Waals surface area contributed by atoms with Crippen LogP contribution in [0.5, 0.6) is 0 Å². The fourth-order valence-corrected chi connectivity index (χ4v) is 2.48. The molecule has 1 aliphatic rings. The number of morpholine rings is 1. The Morgan fingerprint density at radius 3 is 2.48 bits per heavy atom. The molecule has 0 radical (unpaired) electrons. The van der Waals surface area contributed by atoms with Crippen molar-refractivity contribution in [2.45, 2.75) is 6.92 Å². The monoisotopic (exact) mass is 314 g/mol. The lowest BCUT2D eigenvalue weighted by Crippen LogP contribution is -2.36. The Kier molecular flexibility index (Phi) is 4.38. The van der Waals surface area contributed by atoms with E-state index in [1.54, 1.807) is 13.1 Å². The number of aromatic nitrogens is 2. The molecular weight excluding hydrogens is 296 g/mol. The lowest BCUT2D eigenvalue weighted by Gasteiger charge is -2.28. The van der Waals surface area contributed by atoms with Crippen LogP contribution in [0.4, 0.5) is 11.4 Å². The zero-order valence-corrected chi connectivity index (χ0v) is 12.8. The first-order valence-electron chi connectivity index (χ1n) is 7.43. The molecular formula is C16H18N4O3. The maximum Gasteiger partial charge on any atom is 0.326 e. The molecule has 1 fully saturated rings. The number of aliphatic imine (C=N–C) groups is 1. The number of aryl methyl sites for hydroxylation is 1. The fraction of sp³-hybridized carbons (Fsp3) is 0.312. The summed E-state index contributed by atoms with van der Waals surface area (Å²) >= 11 is 0. The van der Waals surface area contributed by atoms with Crippen LogP contribution in [-0.4, -0.2) is 42.5 Å². The Balaban J connectivity index is 1.78. The number of rotatable bonds is 3. The van der Waals surface area contributed by atoms with Gasteiger partial charge in [-0.15, -0.1) is 0 Å². The summed E-state index contributed by atoms with van der Waals surface area (Å²) in [6.45, 7) is 4.92. The van der Waals surface area contributed by atoms with Gasteiger partial charge in [0.25, 0.3) is 5.56 Å². The van der Waals surface area contributed by atoms with E-state index >= 15 is 0 Å². The van der Waals surface area contributed by atoms with E-state index in [0.717, 1.165) is 37.6 Å². The Labute approximate surface area is 132 Å². The highest BCUT2D eigenvalue weighted by molar-refractivity contribution is 5.82. The Hall–Kier alpha value is -2.67. The molecule has 1 aromatic carbocycles. The van der Waals surface area contributed by atoms with Crippen molar-refractivity contribution >= 4 is 17.6 Å². The third-order valence-corrected chi connectivity index (χ3v) is 3.71. The average Bonchev–Trinajstić information content (AvgIpc) is 2.55. The van der Waals surface area contributed by atoms with Crippen LogP contribution >= 0.6 is 0 Å². The van der Waals surface area contributed by atoms with Gasteiger partial charge >= 0.3 is 5.69 Å². The maximum absolute atomic E-state index is 11.7. The second-order valence-corrected chi connectivity index (χ2v) is 5.33. The van der Waals surface area contributed by atoms with Crippen molar-refractivity contribution in [3.63, 3.8) is 0 Å². The molecule has 2 N–H and O–H groups in total. The summed E-state index contributed by atoms with van der Waals surface area (Å²) in [6, 6.07) is 7.94. The van der Waals surface area contributed by atoms with E-state index in [1.807, 2.05) is 24.3 Å². The topological polar surface area (TPSA) is 90.5 Å². The van der Waals surface area contributed by atoms with E-state index in [0.29, 0.717) is 5.69 Å². The van der Waals surface area contributed by atoms with Gasteiger partial charge in [-0.2, -0.15) is 0 Å². The highest BCUT2D eigenvalue weighted by Crippen LogP contribution is 2.16. The van der Waals surface area contributed by atoms with Crippen LogP contribution in [0.25, 0.3) is 0 Å². The van der Waals surface area contributed by atoms with E-state index in [-0.39, 0.29) is 5.69 Å². The molecule has 120 valence electrons. The molecule has 7 heteroatoms. The minimum atomic E-state index is -0.527. The van der Waals surface area contributed by atoms with Gasteiger partial charge < -0.3 is 14.6 Å². The summed E-state index contributed by atoms with van der Waals surface area (Å²) in [5, 5.41) is 0. The molecule has 1 aromatic heterocycles.